The first kappa shape index (κ1) is 17.2. The van der Waals surface area contributed by atoms with Crippen LogP contribution < -0.4 is 4.74 Å². The highest BCUT2D eigenvalue weighted by Crippen LogP contribution is 2.26. The van der Waals surface area contributed by atoms with E-state index in [9.17, 15) is 4.79 Å². The summed E-state index contributed by atoms with van der Waals surface area (Å²) in [5.41, 5.74) is 1.13. The first-order chi connectivity index (χ1) is 13.2. The number of amides is 1. The Morgan fingerprint density at radius 1 is 1.33 bits per heavy atom. The fourth-order valence-corrected chi connectivity index (χ4v) is 3.31. The molecule has 9 heteroatoms. The largest absolute Gasteiger partial charge is 0.496 e. The van der Waals surface area contributed by atoms with E-state index >= 15 is 0 Å². The van der Waals surface area contributed by atoms with Crippen molar-refractivity contribution >= 4 is 5.91 Å². The Labute approximate surface area is 155 Å². The molecule has 1 aromatic carbocycles. The van der Waals surface area contributed by atoms with Crippen molar-refractivity contribution in [3.63, 3.8) is 0 Å². The monoisotopic (exact) mass is 368 g/mol. The lowest BCUT2D eigenvalue weighted by atomic mass is 10.0. The van der Waals surface area contributed by atoms with Gasteiger partial charge in [0.15, 0.2) is 5.69 Å². The van der Waals surface area contributed by atoms with E-state index in [1.54, 1.807) is 37.0 Å². The van der Waals surface area contributed by atoms with Crippen LogP contribution in [0.2, 0.25) is 0 Å². The second-order valence-electron chi connectivity index (χ2n) is 6.47. The lowest BCUT2D eigenvalue weighted by molar-refractivity contribution is 0.0668. The SMILES string of the molecule is COc1ccccc1C(=O)N1CCC[C@@H](n2cc(-c3noc(C)n3)nn2)C1. The van der Waals surface area contributed by atoms with E-state index in [-0.39, 0.29) is 11.9 Å². The molecular weight excluding hydrogens is 348 g/mol. The van der Waals surface area contributed by atoms with E-state index in [0.29, 0.717) is 41.8 Å². The molecule has 1 aliphatic rings. The molecule has 1 saturated heterocycles. The lowest BCUT2D eigenvalue weighted by Crippen LogP contribution is -2.41. The number of aromatic nitrogens is 5. The average molecular weight is 368 g/mol. The van der Waals surface area contributed by atoms with Crippen molar-refractivity contribution in [1.29, 1.82) is 0 Å². The van der Waals surface area contributed by atoms with Crippen molar-refractivity contribution in [2.24, 2.45) is 0 Å². The summed E-state index contributed by atoms with van der Waals surface area (Å²) in [7, 11) is 1.57. The van der Waals surface area contributed by atoms with Crippen LogP contribution in [0, 0.1) is 6.92 Å². The van der Waals surface area contributed by atoms with Gasteiger partial charge in [-0.05, 0) is 25.0 Å². The summed E-state index contributed by atoms with van der Waals surface area (Å²) in [5.74, 6) is 1.44. The lowest BCUT2D eigenvalue weighted by Gasteiger charge is -2.32. The van der Waals surface area contributed by atoms with Gasteiger partial charge >= 0.3 is 0 Å². The quantitative estimate of drug-likeness (QED) is 0.695. The number of likely N-dealkylation sites (tertiary alicyclic amines) is 1. The molecule has 9 nitrogen and oxygen atoms in total. The molecule has 2 aromatic heterocycles. The number of methoxy groups -OCH3 is 1. The van der Waals surface area contributed by atoms with Crippen LogP contribution in [0.15, 0.2) is 35.0 Å². The summed E-state index contributed by atoms with van der Waals surface area (Å²) in [6.45, 7) is 2.99. The maximum atomic E-state index is 13.0. The highest BCUT2D eigenvalue weighted by atomic mass is 16.5. The van der Waals surface area contributed by atoms with Gasteiger partial charge in [0, 0.05) is 20.0 Å². The molecule has 0 unspecified atom stereocenters. The van der Waals surface area contributed by atoms with Crippen molar-refractivity contribution in [2.75, 3.05) is 20.2 Å². The number of hydrogen-bond donors (Lipinski definition) is 0. The summed E-state index contributed by atoms with van der Waals surface area (Å²) >= 11 is 0. The third kappa shape index (κ3) is 3.40. The number of rotatable bonds is 4. The minimum atomic E-state index is -0.0359. The molecule has 0 bridgehead atoms. The van der Waals surface area contributed by atoms with Crippen LogP contribution in [0.3, 0.4) is 0 Å². The maximum absolute atomic E-state index is 13.0. The molecule has 0 spiro atoms. The Kier molecular flexibility index (Phi) is 4.57. The van der Waals surface area contributed by atoms with E-state index < -0.39 is 0 Å². The Hall–Kier alpha value is -3.23. The van der Waals surface area contributed by atoms with E-state index in [0.717, 1.165) is 12.8 Å². The van der Waals surface area contributed by atoms with Crippen LogP contribution in [-0.2, 0) is 0 Å². The normalized spacial score (nSPS) is 17.1. The van der Waals surface area contributed by atoms with E-state index in [2.05, 4.69) is 20.5 Å². The minimum Gasteiger partial charge on any atom is -0.496 e. The Morgan fingerprint density at radius 2 is 2.19 bits per heavy atom. The van der Waals surface area contributed by atoms with E-state index in [4.69, 9.17) is 9.26 Å². The minimum absolute atomic E-state index is 0.0359. The molecule has 1 atom stereocenters. The number of para-hydroxylation sites is 1. The first-order valence-electron chi connectivity index (χ1n) is 8.80. The molecule has 4 rings (SSSR count). The fraction of sp³-hybridized carbons (Fsp3) is 0.389. The van der Waals surface area contributed by atoms with Crippen molar-refractivity contribution in [1.82, 2.24) is 30.0 Å². The molecule has 1 amide bonds. The van der Waals surface area contributed by atoms with E-state index in [1.165, 1.54) is 0 Å². The summed E-state index contributed by atoms with van der Waals surface area (Å²) in [6.07, 6.45) is 3.61. The second kappa shape index (κ2) is 7.18. The highest BCUT2D eigenvalue weighted by molar-refractivity contribution is 5.97. The number of aryl methyl sites for hydroxylation is 1. The van der Waals surface area contributed by atoms with Crippen LogP contribution in [0.4, 0.5) is 0 Å². The van der Waals surface area contributed by atoms with E-state index in [1.807, 2.05) is 17.0 Å². The second-order valence-corrected chi connectivity index (χ2v) is 6.47. The summed E-state index contributed by atoms with van der Waals surface area (Å²) < 4.78 is 12.1. The smallest absolute Gasteiger partial charge is 0.257 e. The number of ether oxygens (including phenoxy) is 1. The molecule has 1 aliphatic heterocycles. The Balaban J connectivity index is 1.51. The Morgan fingerprint density at radius 3 is 2.96 bits per heavy atom. The molecular formula is C18H20N6O3. The van der Waals surface area contributed by atoms with Crippen LogP contribution in [0.1, 0.15) is 35.1 Å². The maximum Gasteiger partial charge on any atom is 0.257 e. The zero-order valence-electron chi connectivity index (χ0n) is 15.2. The van der Waals surface area contributed by atoms with Crippen LogP contribution >= 0.6 is 0 Å². The number of nitrogens with zero attached hydrogens (tertiary/aromatic N) is 6. The van der Waals surface area contributed by atoms with Gasteiger partial charge in [-0.25, -0.2) is 4.68 Å². The standard InChI is InChI=1S/C18H20N6O3/c1-12-19-17(21-27-12)15-11-24(22-20-15)13-6-5-9-23(10-13)18(25)14-7-3-4-8-16(14)26-2/h3-4,7-8,11,13H,5-6,9-10H2,1-2H3/t13-/m1/s1. The van der Waals surface area contributed by atoms with Crippen LogP contribution in [0.25, 0.3) is 11.5 Å². The average Bonchev–Trinajstić information content (AvgIpc) is 3.36. The van der Waals surface area contributed by atoms with Crippen molar-refractivity contribution in [3.05, 3.63) is 41.9 Å². The summed E-state index contributed by atoms with van der Waals surface area (Å²) in [4.78, 5) is 19.0. The molecule has 27 heavy (non-hydrogen) atoms. The van der Waals surface area contributed by atoms with Gasteiger partial charge in [-0.2, -0.15) is 4.98 Å². The van der Waals surface area contributed by atoms with Gasteiger partial charge in [-0.15, -0.1) is 5.10 Å². The molecule has 0 aliphatic carbocycles. The van der Waals surface area contributed by atoms with Crippen LogP contribution in [0.5, 0.6) is 5.75 Å². The molecule has 140 valence electrons. The molecule has 0 N–H and O–H groups in total. The zero-order valence-corrected chi connectivity index (χ0v) is 15.2. The van der Waals surface area contributed by atoms with Crippen molar-refractivity contribution in [2.45, 2.75) is 25.8 Å². The third-order valence-corrected chi connectivity index (χ3v) is 4.66. The Bertz CT molecular complexity index is 950. The number of carbonyl (C=O) groups excluding carboxylic acids is 1. The third-order valence-electron chi connectivity index (χ3n) is 4.66. The molecule has 3 heterocycles. The van der Waals surface area contributed by atoms with Gasteiger partial charge in [0.2, 0.25) is 11.7 Å². The number of carbonyl (C=O) groups is 1. The summed E-state index contributed by atoms with van der Waals surface area (Å²) in [6, 6.07) is 7.33. The number of piperidine rings is 1. The molecule has 0 saturated carbocycles. The number of benzene rings is 1. The van der Waals surface area contributed by atoms with Crippen molar-refractivity contribution in [3.8, 4) is 17.3 Å². The molecule has 1 fully saturated rings. The molecule has 0 radical (unpaired) electrons. The van der Waals surface area contributed by atoms with Crippen molar-refractivity contribution < 1.29 is 14.1 Å². The zero-order chi connectivity index (χ0) is 18.8. The van der Waals surface area contributed by atoms with Gasteiger partial charge in [0.1, 0.15) is 5.75 Å². The van der Waals surface area contributed by atoms with Gasteiger partial charge in [-0.3, -0.25) is 4.79 Å². The topological polar surface area (TPSA) is 99.2 Å². The highest BCUT2D eigenvalue weighted by Gasteiger charge is 2.28. The van der Waals surface area contributed by atoms with Crippen LogP contribution in [-0.4, -0.2) is 56.1 Å². The summed E-state index contributed by atoms with van der Waals surface area (Å²) in [5, 5.41) is 12.2. The predicted molar refractivity (Wildman–Crippen MR) is 95.2 cm³/mol. The first-order valence-corrected chi connectivity index (χ1v) is 8.80. The van der Waals surface area contributed by atoms with Gasteiger partial charge in [0.25, 0.3) is 5.91 Å². The van der Waals surface area contributed by atoms with Gasteiger partial charge < -0.3 is 14.2 Å². The molecule has 3 aromatic rings. The predicted octanol–water partition coefficient (Wildman–Crippen LogP) is 2.12. The van der Waals surface area contributed by atoms with Gasteiger partial charge in [0.05, 0.1) is 24.9 Å². The fourth-order valence-electron chi connectivity index (χ4n) is 3.31. The number of hydrogen-bond acceptors (Lipinski definition) is 7. The van der Waals surface area contributed by atoms with Gasteiger partial charge in [-0.1, -0.05) is 22.5 Å².